The lowest BCUT2D eigenvalue weighted by Crippen LogP contribution is -2.33. The van der Waals surface area contributed by atoms with Gasteiger partial charge in [0.05, 0.1) is 12.3 Å². The number of hydrogen-bond acceptors (Lipinski definition) is 3. The van der Waals surface area contributed by atoms with E-state index in [0.29, 0.717) is 0 Å². The van der Waals surface area contributed by atoms with Gasteiger partial charge in [-0.15, -0.1) is 0 Å². The van der Waals surface area contributed by atoms with Crippen LogP contribution in [0.15, 0.2) is 47.1 Å². The molecule has 21 heavy (non-hydrogen) atoms. The smallest absolute Gasteiger partial charge is 0.120 e. The Morgan fingerprint density at radius 3 is 2.86 bits per heavy atom. The lowest BCUT2D eigenvalue weighted by Gasteiger charge is -2.21. The molecule has 3 heteroatoms. The van der Waals surface area contributed by atoms with Gasteiger partial charge in [-0.05, 0) is 49.6 Å². The highest BCUT2D eigenvalue weighted by Gasteiger charge is 2.14. The maximum absolute atomic E-state index is 5.43. The molecule has 3 rings (SSSR count). The minimum Gasteiger partial charge on any atom is -0.468 e. The molecule has 1 N–H and O–H groups in total. The second-order valence-corrected chi connectivity index (χ2v) is 5.84. The maximum atomic E-state index is 5.43. The minimum atomic E-state index is 0.277. The van der Waals surface area contributed by atoms with Gasteiger partial charge in [-0.25, -0.2) is 0 Å². The lowest BCUT2D eigenvalue weighted by atomic mass is 10.0. The molecule has 3 nitrogen and oxygen atoms in total. The molecule has 112 valence electrons. The summed E-state index contributed by atoms with van der Waals surface area (Å²) in [5, 5.41) is 3.54. The molecule has 0 saturated carbocycles. The second kappa shape index (κ2) is 6.92. The van der Waals surface area contributed by atoms with Crippen molar-refractivity contribution in [2.24, 2.45) is 0 Å². The van der Waals surface area contributed by atoms with Crippen molar-refractivity contribution in [3.05, 3.63) is 59.5 Å². The van der Waals surface area contributed by atoms with Crippen molar-refractivity contribution in [3.63, 3.8) is 0 Å². The van der Waals surface area contributed by atoms with E-state index in [1.807, 2.05) is 12.1 Å². The summed E-state index contributed by atoms with van der Waals surface area (Å²) in [6, 6.07) is 13.1. The fourth-order valence-corrected chi connectivity index (χ4v) is 3.04. The molecule has 0 saturated heterocycles. The van der Waals surface area contributed by atoms with Gasteiger partial charge in [0.1, 0.15) is 5.76 Å². The van der Waals surface area contributed by atoms with Crippen LogP contribution in [0, 0.1) is 0 Å². The van der Waals surface area contributed by atoms with Crippen LogP contribution < -0.4 is 5.32 Å². The van der Waals surface area contributed by atoms with Crippen LogP contribution in [0.25, 0.3) is 0 Å². The van der Waals surface area contributed by atoms with E-state index in [1.54, 1.807) is 6.26 Å². The third-order valence-corrected chi connectivity index (χ3v) is 4.28. The van der Waals surface area contributed by atoms with E-state index in [0.717, 1.165) is 25.4 Å². The number of fused-ring (bicyclic) bond motifs is 1. The Kier molecular flexibility index (Phi) is 4.73. The molecular formula is C18H24N2O. The van der Waals surface area contributed by atoms with E-state index in [-0.39, 0.29) is 6.04 Å². The Morgan fingerprint density at radius 2 is 2.05 bits per heavy atom. The SMILES string of the molecule is CC(NCCN1CCCc2ccccc2C1)c1ccco1. The van der Waals surface area contributed by atoms with Crippen molar-refractivity contribution in [3.8, 4) is 0 Å². The summed E-state index contributed by atoms with van der Waals surface area (Å²) in [7, 11) is 0. The summed E-state index contributed by atoms with van der Waals surface area (Å²) in [6.07, 6.45) is 4.20. The zero-order chi connectivity index (χ0) is 14.5. The molecule has 0 amide bonds. The standard InChI is InChI=1S/C18H24N2O/c1-15(18-9-5-13-21-18)19-10-12-20-11-4-8-16-6-2-3-7-17(16)14-20/h2-3,5-7,9,13,15,19H,4,8,10-12,14H2,1H3. The maximum Gasteiger partial charge on any atom is 0.120 e. The summed E-state index contributed by atoms with van der Waals surface area (Å²) >= 11 is 0. The summed E-state index contributed by atoms with van der Waals surface area (Å²) < 4.78 is 5.43. The first-order valence-electron chi connectivity index (χ1n) is 7.89. The average Bonchev–Trinajstić information content (AvgIpc) is 2.95. The Bertz CT molecular complexity index is 550. The Balaban J connectivity index is 1.50. The quantitative estimate of drug-likeness (QED) is 0.912. The van der Waals surface area contributed by atoms with Crippen molar-refractivity contribution in [1.29, 1.82) is 0 Å². The van der Waals surface area contributed by atoms with Crippen LogP contribution in [0.1, 0.15) is 36.3 Å². The number of aryl methyl sites for hydroxylation is 1. The fourth-order valence-electron chi connectivity index (χ4n) is 3.04. The second-order valence-electron chi connectivity index (χ2n) is 5.84. The molecule has 1 aromatic heterocycles. The van der Waals surface area contributed by atoms with Gasteiger partial charge >= 0.3 is 0 Å². The summed E-state index contributed by atoms with van der Waals surface area (Å²) in [5.41, 5.74) is 3.02. The predicted octanol–water partition coefficient (Wildman–Crippen LogP) is 3.38. The molecule has 0 radical (unpaired) electrons. The molecule has 2 aromatic rings. The van der Waals surface area contributed by atoms with Gasteiger partial charge in [0.2, 0.25) is 0 Å². The summed E-state index contributed by atoms with van der Waals surface area (Å²) in [4.78, 5) is 2.55. The van der Waals surface area contributed by atoms with Crippen molar-refractivity contribution in [2.75, 3.05) is 19.6 Å². The van der Waals surface area contributed by atoms with Crippen molar-refractivity contribution >= 4 is 0 Å². The van der Waals surface area contributed by atoms with Crippen LogP contribution in [-0.4, -0.2) is 24.5 Å². The minimum absolute atomic E-state index is 0.277. The number of hydrogen-bond donors (Lipinski definition) is 1. The highest BCUT2D eigenvalue weighted by Crippen LogP contribution is 2.18. The Hall–Kier alpha value is -1.58. The zero-order valence-electron chi connectivity index (χ0n) is 12.7. The first kappa shape index (κ1) is 14.4. The van der Waals surface area contributed by atoms with Crippen LogP contribution in [0.3, 0.4) is 0 Å². The van der Waals surface area contributed by atoms with Crippen LogP contribution in [0.5, 0.6) is 0 Å². The lowest BCUT2D eigenvalue weighted by molar-refractivity contribution is 0.263. The topological polar surface area (TPSA) is 28.4 Å². The summed E-state index contributed by atoms with van der Waals surface area (Å²) in [6.45, 7) is 6.48. The van der Waals surface area contributed by atoms with Gasteiger partial charge < -0.3 is 9.73 Å². The van der Waals surface area contributed by atoms with Crippen molar-refractivity contribution < 1.29 is 4.42 Å². The van der Waals surface area contributed by atoms with Gasteiger partial charge in [-0.1, -0.05) is 24.3 Å². The number of rotatable bonds is 5. The molecule has 1 aliphatic heterocycles. The van der Waals surface area contributed by atoms with Crippen molar-refractivity contribution in [1.82, 2.24) is 10.2 Å². The monoisotopic (exact) mass is 284 g/mol. The molecule has 0 aliphatic carbocycles. The number of nitrogens with one attached hydrogen (secondary N) is 1. The van der Waals surface area contributed by atoms with E-state index in [9.17, 15) is 0 Å². The van der Waals surface area contributed by atoms with E-state index in [4.69, 9.17) is 4.42 Å². The van der Waals surface area contributed by atoms with E-state index in [1.165, 1.54) is 30.5 Å². The van der Waals surface area contributed by atoms with Crippen LogP contribution in [-0.2, 0) is 13.0 Å². The first-order valence-corrected chi connectivity index (χ1v) is 7.89. The molecular weight excluding hydrogens is 260 g/mol. The number of furan rings is 1. The number of benzene rings is 1. The molecule has 0 fully saturated rings. The van der Waals surface area contributed by atoms with Crippen molar-refractivity contribution in [2.45, 2.75) is 32.4 Å². The normalized spacial score (nSPS) is 17.2. The Labute approximate surface area is 127 Å². The fraction of sp³-hybridized carbons (Fsp3) is 0.444. The molecule has 2 heterocycles. The van der Waals surface area contributed by atoms with Crippen LogP contribution in [0.2, 0.25) is 0 Å². The molecule has 0 spiro atoms. The molecule has 1 atom stereocenters. The average molecular weight is 284 g/mol. The largest absolute Gasteiger partial charge is 0.468 e. The highest BCUT2D eigenvalue weighted by molar-refractivity contribution is 5.28. The third kappa shape index (κ3) is 3.74. The molecule has 1 aliphatic rings. The van der Waals surface area contributed by atoms with Gasteiger partial charge in [0, 0.05) is 19.6 Å². The van der Waals surface area contributed by atoms with Gasteiger partial charge in [0.15, 0.2) is 0 Å². The van der Waals surface area contributed by atoms with Crippen LogP contribution in [0.4, 0.5) is 0 Å². The molecule has 1 aromatic carbocycles. The first-order chi connectivity index (χ1) is 10.3. The number of nitrogens with zero attached hydrogens (tertiary/aromatic N) is 1. The highest BCUT2D eigenvalue weighted by atomic mass is 16.3. The predicted molar refractivity (Wildman–Crippen MR) is 85.2 cm³/mol. The third-order valence-electron chi connectivity index (χ3n) is 4.28. The van der Waals surface area contributed by atoms with E-state index in [2.05, 4.69) is 41.4 Å². The Morgan fingerprint density at radius 1 is 1.19 bits per heavy atom. The zero-order valence-corrected chi connectivity index (χ0v) is 12.7. The molecule has 0 bridgehead atoms. The molecule has 1 unspecified atom stereocenters. The summed E-state index contributed by atoms with van der Waals surface area (Å²) in [5.74, 6) is 1.01. The van der Waals surface area contributed by atoms with Gasteiger partial charge in [-0.2, -0.15) is 0 Å². The van der Waals surface area contributed by atoms with E-state index < -0.39 is 0 Å². The van der Waals surface area contributed by atoms with Gasteiger partial charge in [-0.3, -0.25) is 4.90 Å². The van der Waals surface area contributed by atoms with Gasteiger partial charge in [0.25, 0.3) is 0 Å². The van der Waals surface area contributed by atoms with Crippen LogP contribution >= 0.6 is 0 Å². The van der Waals surface area contributed by atoms with E-state index >= 15 is 0 Å².